The highest BCUT2D eigenvalue weighted by Crippen LogP contribution is 2.26. The molecule has 2 N–H and O–H groups in total. The van der Waals surface area contributed by atoms with Crippen LogP contribution in [-0.4, -0.2) is 79.0 Å². The van der Waals surface area contributed by atoms with Crippen molar-refractivity contribution in [2.45, 2.75) is 13.8 Å². The van der Waals surface area contributed by atoms with Crippen LogP contribution in [0.4, 0.5) is 11.4 Å². The van der Waals surface area contributed by atoms with Crippen LogP contribution in [0.3, 0.4) is 0 Å². The van der Waals surface area contributed by atoms with Gasteiger partial charge in [0.25, 0.3) is 11.8 Å². The molecule has 2 amide bonds. The average molecular weight is 866 g/mol. The lowest BCUT2D eigenvalue weighted by Crippen LogP contribution is -2.13. The Hall–Kier alpha value is -9.48. The van der Waals surface area contributed by atoms with Gasteiger partial charge >= 0.3 is 0 Å². The molecule has 0 bridgehead atoms. The van der Waals surface area contributed by atoms with Crippen LogP contribution in [0, 0.1) is 39.9 Å². The van der Waals surface area contributed by atoms with E-state index in [1.54, 1.807) is 98.6 Å². The van der Waals surface area contributed by atoms with Gasteiger partial charge in [-0.15, -0.1) is 15.3 Å². The van der Waals surface area contributed by atoms with Crippen molar-refractivity contribution >= 4 is 23.2 Å². The number of para-hydroxylation sites is 2. The third-order valence-electron chi connectivity index (χ3n) is 9.14. The van der Waals surface area contributed by atoms with Crippen molar-refractivity contribution in [2.24, 2.45) is 27.1 Å². The van der Waals surface area contributed by atoms with E-state index >= 15 is 0 Å². The predicted octanol–water partition coefficient (Wildman–Crippen LogP) is 5.79. The largest absolute Gasteiger partial charge is 0.492 e. The molecule has 3 heterocycles. The maximum Gasteiger partial charge on any atom is 0.257 e. The maximum absolute atomic E-state index is 12.4. The minimum atomic E-state index is -0.338. The van der Waals surface area contributed by atoms with Crippen LogP contribution < -0.4 is 15.4 Å². The highest BCUT2D eigenvalue weighted by molar-refractivity contribution is 6.07. The van der Waals surface area contributed by atoms with Crippen molar-refractivity contribution in [3.05, 3.63) is 143 Å². The first kappa shape index (κ1) is 45.1. The number of anilines is 2. The lowest BCUT2D eigenvalue weighted by atomic mass is 10.0. The van der Waals surface area contributed by atoms with E-state index in [1.807, 2.05) is 54.6 Å². The summed E-state index contributed by atoms with van der Waals surface area (Å²) in [6.07, 6.45) is 0. The zero-order valence-corrected chi connectivity index (χ0v) is 35.7. The summed E-state index contributed by atoms with van der Waals surface area (Å²) in [6.45, 7) is 4.71. The number of aromatic nitrogens is 12. The molecule has 322 valence electrons. The molecule has 20 heteroatoms. The number of aryl methyl sites for hydroxylation is 3. The fraction of sp³-hybridized carbons (Fsp3) is 0.156. The van der Waals surface area contributed by atoms with Crippen molar-refractivity contribution < 1.29 is 14.3 Å². The fourth-order valence-electron chi connectivity index (χ4n) is 5.95. The third-order valence-corrected chi connectivity index (χ3v) is 9.14. The van der Waals surface area contributed by atoms with E-state index in [4.69, 9.17) is 4.74 Å². The molecule has 0 aliphatic heterocycles. The van der Waals surface area contributed by atoms with Crippen molar-refractivity contribution in [1.82, 2.24) is 60.6 Å². The average Bonchev–Trinajstić information content (AvgIpc) is 4.09. The molecular formula is C45H39N17O3. The Labute approximate surface area is 372 Å². The van der Waals surface area contributed by atoms with E-state index in [0.29, 0.717) is 74.9 Å². The van der Waals surface area contributed by atoms with E-state index in [0.717, 1.165) is 5.56 Å². The summed E-state index contributed by atoms with van der Waals surface area (Å²) in [7, 11) is 5.17. The van der Waals surface area contributed by atoms with Gasteiger partial charge in [0.2, 0.25) is 0 Å². The molecular weight excluding hydrogens is 827 g/mol. The first-order valence-electron chi connectivity index (χ1n) is 19.7. The van der Waals surface area contributed by atoms with E-state index in [9.17, 15) is 25.4 Å². The van der Waals surface area contributed by atoms with Crippen LogP contribution in [-0.2, 0) is 21.1 Å². The van der Waals surface area contributed by atoms with E-state index in [1.165, 1.54) is 9.36 Å². The van der Waals surface area contributed by atoms with Crippen LogP contribution in [0.2, 0.25) is 0 Å². The topological polar surface area (TPSA) is 270 Å². The molecule has 0 aliphatic rings. The smallest absolute Gasteiger partial charge is 0.257 e. The Bertz CT molecular complexity index is 2900. The molecule has 0 atom stereocenters. The van der Waals surface area contributed by atoms with Crippen molar-refractivity contribution in [2.75, 3.05) is 17.2 Å². The van der Waals surface area contributed by atoms with Crippen molar-refractivity contribution in [3.63, 3.8) is 0 Å². The van der Waals surface area contributed by atoms with Gasteiger partial charge in [-0.05, 0) is 104 Å². The van der Waals surface area contributed by atoms with Gasteiger partial charge in [-0.3, -0.25) is 9.59 Å². The molecule has 0 radical (unpaired) electrons. The number of rotatable bonds is 10. The fourth-order valence-corrected chi connectivity index (χ4v) is 5.95. The Morgan fingerprint density at radius 3 is 1.26 bits per heavy atom. The molecule has 8 rings (SSSR count). The van der Waals surface area contributed by atoms with Gasteiger partial charge in [-0.2, -0.15) is 15.8 Å². The quantitative estimate of drug-likeness (QED) is 0.165. The second kappa shape index (κ2) is 21.4. The number of nitriles is 3. The first-order chi connectivity index (χ1) is 31.5. The second-order valence-corrected chi connectivity index (χ2v) is 14.3. The number of hydrogen-bond donors (Lipinski definition) is 2. The normalized spacial score (nSPS) is 10.2. The summed E-state index contributed by atoms with van der Waals surface area (Å²) in [5.74, 6) is 2.00. The molecule has 3 aromatic heterocycles. The zero-order valence-electron chi connectivity index (χ0n) is 35.7. The number of hydrogen-bond acceptors (Lipinski definition) is 15. The van der Waals surface area contributed by atoms with E-state index in [2.05, 4.69) is 77.1 Å². The van der Waals surface area contributed by atoms with Crippen LogP contribution in [0.1, 0.15) is 51.3 Å². The van der Waals surface area contributed by atoms with E-state index in [-0.39, 0.29) is 22.9 Å². The Balaban J connectivity index is 0.000000163. The van der Waals surface area contributed by atoms with Gasteiger partial charge in [0.1, 0.15) is 11.8 Å². The van der Waals surface area contributed by atoms with Crippen LogP contribution >= 0.6 is 0 Å². The number of carbonyl (C=O) groups is 2. The highest BCUT2D eigenvalue weighted by atomic mass is 16.5. The van der Waals surface area contributed by atoms with Gasteiger partial charge in [0.05, 0.1) is 46.6 Å². The number of tetrazole rings is 3. The SMILES string of the molecule is CC(C)COc1ccc(-c2nnnn2C)cc1C#N.Cn1nnnc1-c1ccc(C(=O)Nc2ccccc2)c(C#N)c1.Cn1nnnc1-c1ccc(C(=O)Nc2ccccc2)c(C#N)c1. The molecule has 0 saturated carbocycles. The molecule has 0 aliphatic carbocycles. The second-order valence-electron chi connectivity index (χ2n) is 14.3. The maximum atomic E-state index is 12.4. The molecule has 0 spiro atoms. The monoisotopic (exact) mass is 865 g/mol. The van der Waals surface area contributed by atoms with Crippen molar-refractivity contribution in [3.8, 4) is 58.1 Å². The zero-order chi connectivity index (χ0) is 46.3. The first-order valence-corrected chi connectivity index (χ1v) is 19.7. The summed E-state index contributed by atoms with van der Waals surface area (Å²) in [5.41, 5.74) is 5.09. The van der Waals surface area contributed by atoms with E-state index < -0.39 is 0 Å². The Morgan fingerprint density at radius 1 is 0.554 bits per heavy atom. The van der Waals surface area contributed by atoms with Gasteiger partial charge in [0, 0.05) is 49.2 Å². The number of amides is 2. The lowest BCUT2D eigenvalue weighted by Gasteiger charge is -2.10. The van der Waals surface area contributed by atoms with Gasteiger partial charge in [-0.1, -0.05) is 62.4 Å². The molecule has 0 fully saturated rings. The van der Waals surface area contributed by atoms with Gasteiger partial charge < -0.3 is 15.4 Å². The van der Waals surface area contributed by atoms with Crippen LogP contribution in [0.15, 0.2) is 115 Å². The summed E-state index contributed by atoms with van der Waals surface area (Å²) in [4.78, 5) is 24.7. The van der Waals surface area contributed by atoms with Gasteiger partial charge in [-0.25, -0.2) is 14.0 Å². The summed E-state index contributed by atoms with van der Waals surface area (Å²) in [5, 5.41) is 67.1. The standard InChI is InChI=1S/2C16H12N6O.C13H15N5O/c2*1-22-15(19-20-21-22)11-7-8-14(12(9-11)10-17)16(23)18-13-5-3-2-4-6-13;1-9(2)8-19-12-5-4-10(6-11(12)7-14)13-15-16-17-18(13)3/h2*2-9H,1H3,(H,18,23);4-6,9H,8H2,1-3H3. The Kier molecular flexibility index (Phi) is 14.8. The Morgan fingerprint density at radius 2 is 0.923 bits per heavy atom. The third kappa shape index (κ3) is 11.5. The summed E-state index contributed by atoms with van der Waals surface area (Å²) < 4.78 is 10.2. The molecule has 0 saturated heterocycles. The minimum Gasteiger partial charge on any atom is -0.492 e. The molecule has 20 nitrogen and oxygen atoms in total. The number of ether oxygens (including phenoxy) is 1. The lowest BCUT2D eigenvalue weighted by molar-refractivity contribution is 0.101. The van der Waals surface area contributed by atoms with Crippen LogP contribution in [0.5, 0.6) is 5.75 Å². The number of nitrogens with zero attached hydrogens (tertiary/aromatic N) is 15. The number of nitrogens with one attached hydrogen (secondary N) is 2. The van der Waals surface area contributed by atoms with Crippen molar-refractivity contribution in [1.29, 1.82) is 15.8 Å². The molecule has 65 heavy (non-hydrogen) atoms. The van der Waals surface area contributed by atoms with Gasteiger partial charge in [0.15, 0.2) is 17.5 Å². The molecule has 5 aromatic carbocycles. The predicted molar refractivity (Wildman–Crippen MR) is 236 cm³/mol. The minimum absolute atomic E-state index is 0.263. The molecule has 0 unspecified atom stereocenters. The summed E-state index contributed by atoms with van der Waals surface area (Å²) >= 11 is 0. The molecule has 8 aromatic rings. The summed E-state index contributed by atoms with van der Waals surface area (Å²) in [6, 6.07) is 39.6. The number of carbonyl (C=O) groups excluding carboxylic acids is 2. The van der Waals surface area contributed by atoms with Crippen LogP contribution in [0.25, 0.3) is 34.2 Å². The highest BCUT2D eigenvalue weighted by Gasteiger charge is 2.17. The number of benzene rings is 5.